The number of carbonyl (C=O) groups excluding carboxylic acids is 1. The highest BCUT2D eigenvalue weighted by molar-refractivity contribution is 5.95. The standard InChI is InChI=1S/C18H16N2O3/c19-8-9-20(13-14-4-2-1-3-5-14)18(21)15-6-7-16-17(12-15)23-11-10-22-16/h1-7,12H,9-11,13H2. The highest BCUT2D eigenvalue weighted by Crippen LogP contribution is 2.31. The quantitative estimate of drug-likeness (QED) is 0.815. The first-order valence-corrected chi connectivity index (χ1v) is 7.38. The number of rotatable bonds is 4. The molecule has 0 saturated heterocycles. The molecule has 1 amide bonds. The Morgan fingerprint density at radius 3 is 2.57 bits per heavy atom. The van der Waals surface area contributed by atoms with Crippen molar-refractivity contribution in [2.75, 3.05) is 19.8 Å². The predicted molar refractivity (Wildman–Crippen MR) is 84.2 cm³/mol. The molecule has 0 spiro atoms. The maximum absolute atomic E-state index is 12.7. The molecule has 0 atom stereocenters. The fourth-order valence-corrected chi connectivity index (χ4v) is 2.45. The SMILES string of the molecule is N#CCN(Cc1ccccc1)C(=O)c1ccc2c(c1)OCCO2. The summed E-state index contributed by atoms with van der Waals surface area (Å²) < 4.78 is 11.0. The minimum atomic E-state index is -0.202. The molecule has 0 unspecified atom stereocenters. The summed E-state index contributed by atoms with van der Waals surface area (Å²) >= 11 is 0. The van der Waals surface area contributed by atoms with Gasteiger partial charge in [0, 0.05) is 12.1 Å². The molecule has 0 saturated carbocycles. The Labute approximate surface area is 134 Å². The van der Waals surface area contributed by atoms with Crippen LogP contribution in [-0.4, -0.2) is 30.6 Å². The molecule has 5 heteroatoms. The molecule has 0 fully saturated rings. The van der Waals surface area contributed by atoms with E-state index >= 15 is 0 Å². The van der Waals surface area contributed by atoms with Crippen molar-refractivity contribution in [3.8, 4) is 17.6 Å². The summed E-state index contributed by atoms with van der Waals surface area (Å²) in [6.45, 7) is 1.40. The number of hydrogen-bond donors (Lipinski definition) is 0. The van der Waals surface area contributed by atoms with Crippen LogP contribution in [0.15, 0.2) is 48.5 Å². The highest BCUT2D eigenvalue weighted by atomic mass is 16.6. The van der Waals surface area contributed by atoms with Gasteiger partial charge in [-0.25, -0.2) is 0 Å². The van der Waals surface area contributed by atoms with Gasteiger partial charge in [-0.15, -0.1) is 0 Å². The number of hydrogen-bond acceptors (Lipinski definition) is 4. The van der Waals surface area contributed by atoms with Crippen molar-refractivity contribution in [3.05, 3.63) is 59.7 Å². The molecule has 0 N–H and O–H groups in total. The van der Waals surface area contributed by atoms with Crippen molar-refractivity contribution < 1.29 is 14.3 Å². The van der Waals surface area contributed by atoms with Gasteiger partial charge in [-0.1, -0.05) is 30.3 Å². The van der Waals surface area contributed by atoms with Gasteiger partial charge >= 0.3 is 0 Å². The van der Waals surface area contributed by atoms with Gasteiger partial charge in [0.15, 0.2) is 11.5 Å². The zero-order chi connectivity index (χ0) is 16.1. The van der Waals surface area contributed by atoms with Gasteiger partial charge in [0.2, 0.25) is 0 Å². The van der Waals surface area contributed by atoms with E-state index in [1.165, 1.54) is 4.90 Å². The Balaban J connectivity index is 1.82. The number of fused-ring (bicyclic) bond motifs is 1. The van der Waals surface area contributed by atoms with E-state index in [-0.39, 0.29) is 12.5 Å². The number of benzene rings is 2. The summed E-state index contributed by atoms with van der Waals surface area (Å²) in [6, 6.07) is 16.8. The van der Waals surface area contributed by atoms with E-state index in [2.05, 4.69) is 6.07 Å². The van der Waals surface area contributed by atoms with Gasteiger partial charge in [0.25, 0.3) is 5.91 Å². The summed E-state index contributed by atoms with van der Waals surface area (Å²) in [4.78, 5) is 14.2. The fourth-order valence-electron chi connectivity index (χ4n) is 2.45. The lowest BCUT2D eigenvalue weighted by Crippen LogP contribution is -2.31. The third kappa shape index (κ3) is 3.43. The van der Waals surface area contributed by atoms with E-state index in [0.29, 0.717) is 36.8 Å². The van der Waals surface area contributed by atoms with Crippen molar-refractivity contribution >= 4 is 5.91 Å². The number of nitrogens with zero attached hydrogens (tertiary/aromatic N) is 2. The van der Waals surface area contributed by atoms with Gasteiger partial charge in [0.05, 0.1) is 6.07 Å². The van der Waals surface area contributed by atoms with Crippen LogP contribution in [0.2, 0.25) is 0 Å². The Kier molecular flexibility index (Phi) is 4.44. The summed E-state index contributed by atoms with van der Waals surface area (Å²) in [5, 5.41) is 9.01. The second-order valence-electron chi connectivity index (χ2n) is 5.16. The normalized spacial score (nSPS) is 12.3. The van der Waals surface area contributed by atoms with Crippen molar-refractivity contribution in [3.63, 3.8) is 0 Å². The first-order chi connectivity index (χ1) is 11.3. The second kappa shape index (κ2) is 6.84. The number of carbonyl (C=O) groups is 1. The highest BCUT2D eigenvalue weighted by Gasteiger charge is 2.19. The molecule has 1 aliphatic rings. The first kappa shape index (κ1) is 14.9. The molecule has 0 aromatic heterocycles. The van der Waals surface area contributed by atoms with E-state index in [0.717, 1.165) is 5.56 Å². The lowest BCUT2D eigenvalue weighted by molar-refractivity contribution is 0.0764. The zero-order valence-electron chi connectivity index (χ0n) is 12.6. The summed E-state index contributed by atoms with van der Waals surface area (Å²) in [6.07, 6.45) is 0. The molecular weight excluding hydrogens is 292 g/mol. The Morgan fingerprint density at radius 2 is 1.83 bits per heavy atom. The molecule has 116 valence electrons. The second-order valence-corrected chi connectivity index (χ2v) is 5.16. The minimum Gasteiger partial charge on any atom is -0.486 e. The summed E-state index contributed by atoms with van der Waals surface area (Å²) in [5.74, 6) is 1.01. The van der Waals surface area contributed by atoms with Crippen molar-refractivity contribution in [1.29, 1.82) is 5.26 Å². The molecule has 2 aromatic carbocycles. The van der Waals surface area contributed by atoms with Crippen LogP contribution in [0.4, 0.5) is 0 Å². The van der Waals surface area contributed by atoms with E-state index in [4.69, 9.17) is 14.7 Å². The van der Waals surface area contributed by atoms with Gasteiger partial charge in [-0.2, -0.15) is 5.26 Å². The number of ether oxygens (including phenoxy) is 2. The molecular formula is C18H16N2O3. The van der Waals surface area contributed by atoms with E-state index in [9.17, 15) is 4.79 Å². The van der Waals surface area contributed by atoms with Gasteiger partial charge in [-0.3, -0.25) is 4.79 Å². The zero-order valence-corrected chi connectivity index (χ0v) is 12.6. The Hall–Kier alpha value is -3.00. The summed E-state index contributed by atoms with van der Waals surface area (Å²) in [5.41, 5.74) is 1.47. The topological polar surface area (TPSA) is 62.6 Å². The van der Waals surface area contributed by atoms with E-state index < -0.39 is 0 Å². The van der Waals surface area contributed by atoms with E-state index in [1.54, 1.807) is 18.2 Å². The molecule has 0 aliphatic carbocycles. The molecule has 5 nitrogen and oxygen atoms in total. The third-order valence-electron chi connectivity index (χ3n) is 3.55. The molecule has 2 aromatic rings. The average Bonchev–Trinajstić information content (AvgIpc) is 2.61. The molecule has 1 aliphatic heterocycles. The van der Waals surface area contributed by atoms with Crippen molar-refractivity contribution in [2.24, 2.45) is 0 Å². The van der Waals surface area contributed by atoms with Crippen LogP contribution in [0.1, 0.15) is 15.9 Å². The summed E-state index contributed by atoms with van der Waals surface area (Å²) in [7, 11) is 0. The smallest absolute Gasteiger partial charge is 0.255 e. The van der Waals surface area contributed by atoms with Gasteiger partial charge in [0.1, 0.15) is 19.8 Å². The Bertz CT molecular complexity index is 738. The number of nitriles is 1. The predicted octanol–water partition coefficient (Wildman–Crippen LogP) is 2.62. The van der Waals surface area contributed by atoms with Crippen LogP contribution in [0.5, 0.6) is 11.5 Å². The molecule has 23 heavy (non-hydrogen) atoms. The van der Waals surface area contributed by atoms with Crippen LogP contribution in [-0.2, 0) is 6.54 Å². The fraction of sp³-hybridized carbons (Fsp3) is 0.222. The maximum atomic E-state index is 12.7. The van der Waals surface area contributed by atoms with E-state index in [1.807, 2.05) is 30.3 Å². The van der Waals surface area contributed by atoms with Crippen molar-refractivity contribution in [2.45, 2.75) is 6.54 Å². The first-order valence-electron chi connectivity index (χ1n) is 7.38. The lowest BCUT2D eigenvalue weighted by atomic mass is 10.1. The molecule has 1 heterocycles. The van der Waals surface area contributed by atoms with Crippen molar-refractivity contribution in [1.82, 2.24) is 4.90 Å². The van der Waals surface area contributed by atoms with Gasteiger partial charge in [-0.05, 0) is 23.8 Å². The lowest BCUT2D eigenvalue weighted by Gasteiger charge is -2.22. The maximum Gasteiger partial charge on any atom is 0.255 e. The average molecular weight is 308 g/mol. The minimum absolute atomic E-state index is 0.0299. The monoisotopic (exact) mass is 308 g/mol. The third-order valence-corrected chi connectivity index (χ3v) is 3.55. The molecule has 3 rings (SSSR count). The van der Waals surface area contributed by atoms with Crippen LogP contribution < -0.4 is 9.47 Å². The van der Waals surface area contributed by atoms with Crippen LogP contribution in [0.25, 0.3) is 0 Å². The van der Waals surface area contributed by atoms with Crippen LogP contribution in [0, 0.1) is 11.3 Å². The Morgan fingerprint density at radius 1 is 1.09 bits per heavy atom. The molecule has 0 radical (unpaired) electrons. The number of amides is 1. The molecule has 0 bridgehead atoms. The van der Waals surface area contributed by atoms with Gasteiger partial charge < -0.3 is 14.4 Å². The largest absolute Gasteiger partial charge is 0.486 e. The van der Waals surface area contributed by atoms with Crippen LogP contribution >= 0.6 is 0 Å². The van der Waals surface area contributed by atoms with Crippen LogP contribution in [0.3, 0.4) is 0 Å².